The highest BCUT2D eigenvalue weighted by atomic mass is 16.5. The lowest BCUT2D eigenvalue weighted by Crippen LogP contribution is -2.31. The maximum absolute atomic E-state index is 10.4. The molecule has 1 fully saturated rings. The van der Waals surface area contributed by atoms with E-state index in [2.05, 4.69) is 4.90 Å². The molecular weight excluding hydrogens is 254 g/mol. The summed E-state index contributed by atoms with van der Waals surface area (Å²) in [4.78, 5) is 2.43. The van der Waals surface area contributed by atoms with Crippen molar-refractivity contribution in [2.45, 2.75) is 31.8 Å². The van der Waals surface area contributed by atoms with E-state index in [9.17, 15) is 5.11 Å². The second-order valence-corrected chi connectivity index (χ2v) is 5.31. The summed E-state index contributed by atoms with van der Waals surface area (Å²) in [5.41, 5.74) is 0.809. The third-order valence-electron chi connectivity index (χ3n) is 3.96. The number of nitrogens with zero attached hydrogens (tertiary/aromatic N) is 1. The van der Waals surface area contributed by atoms with E-state index in [4.69, 9.17) is 9.47 Å². The van der Waals surface area contributed by atoms with Crippen LogP contribution in [0, 0.1) is 0 Å². The molecule has 4 nitrogen and oxygen atoms in total. The molecule has 2 rings (SSSR count). The average Bonchev–Trinajstić information content (AvgIpc) is 2.52. The topological polar surface area (TPSA) is 41.9 Å². The molecule has 1 heterocycles. The van der Waals surface area contributed by atoms with Crippen LogP contribution in [0.4, 0.5) is 0 Å². The van der Waals surface area contributed by atoms with Gasteiger partial charge in [0.2, 0.25) is 0 Å². The molecule has 20 heavy (non-hydrogen) atoms. The minimum Gasteiger partial charge on any atom is -0.497 e. The Morgan fingerprint density at radius 2 is 1.90 bits per heavy atom. The highest BCUT2D eigenvalue weighted by Gasteiger charge is 2.17. The van der Waals surface area contributed by atoms with Crippen molar-refractivity contribution in [1.82, 2.24) is 4.90 Å². The number of ether oxygens (including phenoxy) is 2. The van der Waals surface area contributed by atoms with Crippen molar-refractivity contribution < 1.29 is 14.6 Å². The van der Waals surface area contributed by atoms with Crippen LogP contribution < -0.4 is 9.47 Å². The van der Waals surface area contributed by atoms with Gasteiger partial charge < -0.3 is 19.5 Å². The van der Waals surface area contributed by atoms with Gasteiger partial charge in [-0.15, -0.1) is 0 Å². The number of hydrogen-bond donors (Lipinski definition) is 1. The Hall–Kier alpha value is -1.26. The summed E-state index contributed by atoms with van der Waals surface area (Å²) in [6, 6.07) is 5.55. The molecule has 1 saturated heterocycles. The SMILES string of the molecule is COc1ccc(OC)c(C(O)CCN2CCCCC2)c1. The Morgan fingerprint density at radius 3 is 2.55 bits per heavy atom. The molecular formula is C16H25NO3. The first-order valence-electron chi connectivity index (χ1n) is 7.37. The second-order valence-electron chi connectivity index (χ2n) is 5.31. The summed E-state index contributed by atoms with van der Waals surface area (Å²) in [5.74, 6) is 1.47. The molecule has 1 unspecified atom stereocenters. The Kier molecular flexibility index (Phi) is 5.68. The monoisotopic (exact) mass is 279 g/mol. The van der Waals surface area contributed by atoms with Crippen LogP contribution in [-0.2, 0) is 0 Å². The highest BCUT2D eigenvalue weighted by molar-refractivity contribution is 5.41. The van der Waals surface area contributed by atoms with Crippen molar-refractivity contribution in [2.75, 3.05) is 33.9 Å². The lowest BCUT2D eigenvalue weighted by atomic mass is 10.0. The minimum absolute atomic E-state index is 0.512. The molecule has 1 atom stereocenters. The lowest BCUT2D eigenvalue weighted by Gasteiger charge is -2.27. The Bertz CT molecular complexity index is 416. The molecule has 0 bridgehead atoms. The second kappa shape index (κ2) is 7.50. The summed E-state index contributed by atoms with van der Waals surface area (Å²) < 4.78 is 10.6. The van der Waals surface area contributed by atoms with Gasteiger partial charge in [-0.05, 0) is 50.6 Å². The highest BCUT2D eigenvalue weighted by Crippen LogP contribution is 2.31. The van der Waals surface area contributed by atoms with E-state index in [1.807, 2.05) is 18.2 Å². The molecule has 1 aliphatic heterocycles. The van der Waals surface area contributed by atoms with Gasteiger partial charge in [-0.1, -0.05) is 6.42 Å². The fraction of sp³-hybridized carbons (Fsp3) is 0.625. The fourth-order valence-electron chi connectivity index (χ4n) is 2.74. The van der Waals surface area contributed by atoms with E-state index in [-0.39, 0.29) is 0 Å². The van der Waals surface area contributed by atoms with Crippen LogP contribution in [0.1, 0.15) is 37.4 Å². The first kappa shape index (κ1) is 15.1. The summed E-state index contributed by atoms with van der Waals surface area (Å²) in [5, 5.41) is 10.4. The number of piperidine rings is 1. The van der Waals surface area contributed by atoms with Gasteiger partial charge in [-0.2, -0.15) is 0 Å². The number of methoxy groups -OCH3 is 2. The molecule has 0 aliphatic carbocycles. The van der Waals surface area contributed by atoms with Crippen LogP contribution in [-0.4, -0.2) is 43.9 Å². The summed E-state index contributed by atoms with van der Waals surface area (Å²) in [7, 11) is 3.26. The van der Waals surface area contributed by atoms with Crippen molar-refractivity contribution in [3.8, 4) is 11.5 Å². The van der Waals surface area contributed by atoms with Crippen LogP contribution in [0.25, 0.3) is 0 Å². The van der Waals surface area contributed by atoms with Crippen LogP contribution in [0.3, 0.4) is 0 Å². The van der Waals surface area contributed by atoms with Crippen molar-refractivity contribution in [3.05, 3.63) is 23.8 Å². The van der Waals surface area contributed by atoms with Gasteiger partial charge >= 0.3 is 0 Å². The number of aliphatic hydroxyl groups excluding tert-OH is 1. The molecule has 1 N–H and O–H groups in total. The summed E-state index contributed by atoms with van der Waals surface area (Å²) in [6.07, 6.45) is 4.10. The number of likely N-dealkylation sites (tertiary alicyclic amines) is 1. The van der Waals surface area contributed by atoms with Crippen LogP contribution >= 0.6 is 0 Å². The zero-order chi connectivity index (χ0) is 14.4. The van der Waals surface area contributed by atoms with Crippen molar-refractivity contribution >= 4 is 0 Å². The van der Waals surface area contributed by atoms with E-state index in [1.54, 1.807) is 14.2 Å². The van der Waals surface area contributed by atoms with Gasteiger partial charge in [0.05, 0.1) is 20.3 Å². The van der Waals surface area contributed by atoms with E-state index >= 15 is 0 Å². The van der Waals surface area contributed by atoms with Crippen molar-refractivity contribution in [1.29, 1.82) is 0 Å². The third-order valence-corrected chi connectivity index (χ3v) is 3.96. The first-order chi connectivity index (χ1) is 9.74. The maximum atomic E-state index is 10.4. The lowest BCUT2D eigenvalue weighted by molar-refractivity contribution is 0.131. The largest absolute Gasteiger partial charge is 0.497 e. The molecule has 0 spiro atoms. The maximum Gasteiger partial charge on any atom is 0.124 e. The van der Waals surface area contributed by atoms with Gasteiger partial charge in [0.25, 0.3) is 0 Å². The van der Waals surface area contributed by atoms with Gasteiger partial charge in [0.15, 0.2) is 0 Å². The molecule has 0 amide bonds. The standard InChI is InChI=1S/C16H25NO3/c1-19-13-6-7-16(20-2)14(12-13)15(18)8-11-17-9-4-3-5-10-17/h6-7,12,15,18H,3-5,8-11H2,1-2H3. The smallest absolute Gasteiger partial charge is 0.124 e. The molecule has 0 aromatic heterocycles. The molecule has 1 aromatic carbocycles. The van der Waals surface area contributed by atoms with E-state index in [1.165, 1.54) is 19.3 Å². The zero-order valence-corrected chi connectivity index (χ0v) is 12.5. The van der Waals surface area contributed by atoms with Gasteiger partial charge in [0.1, 0.15) is 11.5 Å². The van der Waals surface area contributed by atoms with Crippen molar-refractivity contribution in [3.63, 3.8) is 0 Å². The first-order valence-corrected chi connectivity index (χ1v) is 7.37. The van der Waals surface area contributed by atoms with Gasteiger partial charge in [-0.25, -0.2) is 0 Å². The van der Waals surface area contributed by atoms with E-state index in [0.717, 1.165) is 43.1 Å². The quantitative estimate of drug-likeness (QED) is 0.869. The van der Waals surface area contributed by atoms with Gasteiger partial charge in [0, 0.05) is 12.1 Å². The summed E-state index contributed by atoms with van der Waals surface area (Å²) >= 11 is 0. The Morgan fingerprint density at radius 1 is 1.15 bits per heavy atom. The predicted octanol–water partition coefficient (Wildman–Crippen LogP) is 2.61. The van der Waals surface area contributed by atoms with Gasteiger partial charge in [-0.3, -0.25) is 0 Å². The third kappa shape index (κ3) is 3.87. The number of benzene rings is 1. The molecule has 1 aliphatic rings. The molecule has 112 valence electrons. The Labute approximate surface area is 121 Å². The predicted molar refractivity (Wildman–Crippen MR) is 79.4 cm³/mol. The molecule has 1 aromatic rings. The number of hydrogen-bond acceptors (Lipinski definition) is 4. The normalized spacial score (nSPS) is 17.8. The molecule has 4 heteroatoms. The van der Waals surface area contributed by atoms with E-state index in [0.29, 0.717) is 0 Å². The molecule has 0 radical (unpaired) electrons. The van der Waals surface area contributed by atoms with E-state index < -0.39 is 6.10 Å². The molecule has 0 saturated carbocycles. The number of aliphatic hydroxyl groups is 1. The van der Waals surface area contributed by atoms with Crippen molar-refractivity contribution in [2.24, 2.45) is 0 Å². The Balaban J connectivity index is 1.98. The average molecular weight is 279 g/mol. The van der Waals surface area contributed by atoms with Crippen LogP contribution in [0.2, 0.25) is 0 Å². The minimum atomic E-state index is -0.512. The number of rotatable bonds is 6. The zero-order valence-electron chi connectivity index (χ0n) is 12.5. The van der Waals surface area contributed by atoms with Crippen LogP contribution in [0.5, 0.6) is 11.5 Å². The fourth-order valence-corrected chi connectivity index (χ4v) is 2.74. The van der Waals surface area contributed by atoms with Crippen LogP contribution in [0.15, 0.2) is 18.2 Å². The summed E-state index contributed by atoms with van der Waals surface area (Å²) in [6.45, 7) is 3.24.